The van der Waals surface area contributed by atoms with Crippen molar-refractivity contribution in [3.8, 4) is 0 Å². The molecule has 0 spiro atoms. The first-order chi connectivity index (χ1) is 12.0. The average Bonchev–Trinajstić information content (AvgIpc) is 2.63. The predicted octanol–water partition coefficient (Wildman–Crippen LogP) is 2.45. The molecule has 1 atom stereocenters. The van der Waals surface area contributed by atoms with Crippen LogP contribution in [-0.4, -0.2) is 58.6 Å². The molecule has 1 unspecified atom stereocenters. The molecule has 1 aromatic rings. The van der Waals surface area contributed by atoms with E-state index in [0.717, 1.165) is 23.8 Å². The predicted molar refractivity (Wildman–Crippen MR) is 102 cm³/mol. The lowest BCUT2D eigenvalue weighted by atomic mass is 9.95. The third kappa shape index (κ3) is 4.70. The van der Waals surface area contributed by atoms with Gasteiger partial charge in [0.2, 0.25) is 0 Å². The van der Waals surface area contributed by atoms with Gasteiger partial charge in [-0.2, -0.15) is 0 Å². The summed E-state index contributed by atoms with van der Waals surface area (Å²) in [5.74, 6) is 0.607. The van der Waals surface area contributed by atoms with Crippen molar-refractivity contribution in [3.05, 3.63) is 27.9 Å². The quantitative estimate of drug-likeness (QED) is 0.821. The number of nitrogens with zero attached hydrogens (tertiary/aromatic N) is 4. The molecule has 2 saturated heterocycles. The molecule has 0 bridgehead atoms. The van der Waals surface area contributed by atoms with Gasteiger partial charge in [0.1, 0.15) is 0 Å². The Morgan fingerprint density at radius 1 is 1.12 bits per heavy atom. The molecule has 1 aromatic heterocycles. The highest BCUT2D eigenvalue weighted by Crippen LogP contribution is 2.22. The molecule has 25 heavy (non-hydrogen) atoms. The first-order valence-electron chi connectivity index (χ1n) is 10.00. The fourth-order valence-corrected chi connectivity index (χ4v) is 4.32. The van der Waals surface area contributed by atoms with Crippen LogP contribution in [0, 0.1) is 19.8 Å². The number of aryl methyl sites for hydroxylation is 1. The maximum absolute atomic E-state index is 12.3. The maximum atomic E-state index is 12.3. The third-order valence-electron chi connectivity index (χ3n) is 6.38. The van der Waals surface area contributed by atoms with Crippen LogP contribution in [-0.2, 0) is 6.54 Å². The SMILES string of the molecule is Cc1ncn(CC2CCN(CCC3CCCCN3C)CC2)c(=O)c1C. The minimum atomic E-state index is 0.135. The summed E-state index contributed by atoms with van der Waals surface area (Å²) in [4.78, 5) is 21.9. The van der Waals surface area contributed by atoms with E-state index in [0.29, 0.717) is 5.92 Å². The second kappa shape index (κ2) is 8.45. The molecule has 3 rings (SSSR count). The van der Waals surface area contributed by atoms with Crippen molar-refractivity contribution in [2.24, 2.45) is 5.92 Å². The van der Waals surface area contributed by atoms with E-state index in [2.05, 4.69) is 21.8 Å². The zero-order valence-electron chi connectivity index (χ0n) is 16.2. The number of rotatable bonds is 5. The molecule has 2 fully saturated rings. The Hall–Kier alpha value is -1.20. The molecule has 5 heteroatoms. The van der Waals surface area contributed by atoms with Gasteiger partial charge < -0.3 is 9.80 Å². The number of aromatic nitrogens is 2. The van der Waals surface area contributed by atoms with Crippen LogP contribution in [0.1, 0.15) is 49.8 Å². The summed E-state index contributed by atoms with van der Waals surface area (Å²) >= 11 is 0. The summed E-state index contributed by atoms with van der Waals surface area (Å²) < 4.78 is 1.82. The minimum absolute atomic E-state index is 0.135. The van der Waals surface area contributed by atoms with E-state index in [9.17, 15) is 4.79 Å². The highest BCUT2D eigenvalue weighted by atomic mass is 16.1. The van der Waals surface area contributed by atoms with Gasteiger partial charge in [-0.1, -0.05) is 6.42 Å². The first-order valence-corrected chi connectivity index (χ1v) is 10.00. The fraction of sp³-hybridized carbons (Fsp3) is 0.800. The van der Waals surface area contributed by atoms with E-state index in [1.165, 1.54) is 64.7 Å². The molecule has 0 aliphatic carbocycles. The van der Waals surface area contributed by atoms with Gasteiger partial charge in [0, 0.05) is 23.8 Å². The lowest BCUT2D eigenvalue weighted by Gasteiger charge is -2.36. The number of hydrogen-bond acceptors (Lipinski definition) is 4. The van der Waals surface area contributed by atoms with Crippen LogP contribution in [0.15, 0.2) is 11.1 Å². The normalized spacial score (nSPS) is 23.9. The van der Waals surface area contributed by atoms with Crippen LogP contribution in [0.5, 0.6) is 0 Å². The summed E-state index contributed by atoms with van der Waals surface area (Å²) in [7, 11) is 2.28. The van der Waals surface area contributed by atoms with Gasteiger partial charge in [0.05, 0.1) is 6.33 Å². The lowest BCUT2D eigenvalue weighted by molar-refractivity contribution is 0.130. The van der Waals surface area contributed by atoms with Crippen molar-refractivity contribution in [2.45, 2.75) is 65.0 Å². The van der Waals surface area contributed by atoms with Crippen LogP contribution in [0.3, 0.4) is 0 Å². The van der Waals surface area contributed by atoms with Gasteiger partial charge in [-0.15, -0.1) is 0 Å². The smallest absolute Gasteiger partial charge is 0.256 e. The molecule has 0 radical (unpaired) electrons. The molecule has 2 aliphatic rings. The molecule has 140 valence electrons. The van der Waals surface area contributed by atoms with Gasteiger partial charge in [-0.05, 0) is 85.1 Å². The third-order valence-corrected chi connectivity index (χ3v) is 6.38. The monoisotopic (exact) mass is 346 g/mol. The Kier molecular flexibility index (Phi) is 6.29. The van der Waals surface area contributed by atoms with E-state index in [-0.39, 0.29) is 5.56 Å². The summed E-state index contributed by atoms with van der Waals surface area (Å²) in [6, 6.07) is 0.784. The van der Waals surface area contributed by atoms with Crippen LogP contribution in [0.25, 0.3) is 0 Å². The molecular weight excluding hydrogens is 312 g/mol. The zero-order chi connectivity index (χ0) is 17.8. The van der Waals surface area contributed by atoms with Crippen molar-refractivity contribution in [1.82, 2.24) is 19.4 Å². The Balaban J connectivity index is 1.44. The van der Waals surface area contributed by atoms with E-state index in [1.807, 2.05) is 18.4 Å². The van der Waals surface area contributed by atoms with Crippen LogP contribution >= 0.6 is 0 Å². The second-order valence-corrected chi connectivity index (χ2v) is 8.12. The number of likely N-dealkylation sites (tertiary alicyclic amines) is 2. The van der Waals surface area contributed by atoms with Crippen molar-refractivity contribution in [1.29, 1.82) is 0 Å². The first kappa shape index (κ1) is 18.6. The lowest BCUT2D eigenvalue weighted by Crippen LogP contribution is -2.41. The summed E-state index contributed by atoms with van der Waals surface area (Å²) in [6.07, 6.45) is 9.56. The molecule has 0 aromatic carbocycles. The van der Waals surface area contributed by atoms with Crippen molar-refractivity contribution in [3.63, 3.8) is 0 Å². The number of piperidine rings is 2. The van der Waals surface area contributed by atoms with Gasteiger partial charge in [-0.25, -0.2) is 4.98 Å². The minimum Gasteiger partial charge on any atom is -0.303 e. The topological polar surface area (TPSA) is 41.4 Å². The van der Waals surface area contributed by atoms with E-state index in [4.69, 9.17) is 0 Å². The second-order valence-electron chi connectivity index (χ2n) is 8.12. The fourth-order valence-electron chi connectivity index (χ4n) is 4.32. The number of hydrogen-bond donors (Lipinski definition) is 0. The zero-order valence-corrected chi connectivity index (χ0v) is 16.2. The standard InChI is InChI=1S/C20H34N4O/c1-16-17(2)21-15-24(20(16)25)14-18-7-11-23(12-8-18)13-9-19-6-4-5-10-22(19)3/h15,18-19H,4-14H2,1-3H3. The van der Waals surface area contributed by atoms with E-state index < -0.39 is 0 Å². The van der Waals surface area contributed by atoms with E-state index in [1.54, 1.807) is 6.33 Å². The van der Waals surface area contributed by atoms with Crippen molar-refractivity contribution in [2.75, 3.05) is 33.2 Å². The largest absolute Gasteiger partial charge is 0.303 e. The van der Waals surface area contributed by atoms with Crippen LogP contribution in [0.4, 0.5) is 0 Å². The van der Waals surface area contributed by atoms with E-state index >= 15 is 0 Å². The summed E-state index contributed by atoms with van der Waals surface area (Å²) in [5, 5.41) is 0. The molecule has 3 heterocycles. The molecule has 2 aliphatic heterocycles. The molecule has 0 saturated carbocycles. The molecular formula is C20H34N4O. The van der Waals surface area contributed by atoms with Crippen LogP contribution < -0.4 is 5.56 Å². The molecule has 5 nitrogen and oxygen atoms in total. The van der Waals surface area contributed by atoms with Gasteiger partial charge >= 0.3 is 0 Å². The Bertz CT molecular complexity index is 619. The highest BCUT2D eigenvalue weighted by Gasteiger charge is 2.23. The van der Waals surface area contributed by atoms with Crippen molar-refractivity contribution >= 4 is 0 Å². The molecule has 0 N–H and O–H groups in total. The van der Waals surface area contributed by atoms with Crippen molar-refractivity contribution < 1.29 is 0 Å². The van der Waals surface area contributed by atoms with Gasteiger partial charge in [0.25, 0.3) is 5.56 Å². The average molecular weight is 347 g/mol. The molecule has 0 amide bonds. The highest BCUT2D eigenvalue weighted by molar-refractivity contribution is 5.12. The Morgan fingerprint density at radius 2 is 1.88 bits per heavy atom. The Morgan fingerprint density at radius 3 is 2.60 bits per heavy atom. The van der Waals surface area contributed by atoms with Crippen LogP contribution in [0.2, 0.25) is 0 Å². The maximum Gasteiger partial charge on any atom is 0.256 e. The Labute approximate surface area is 152 Å². The van der Waals surface area contributed by atoms with Gasteiger partial charge in [0.15, 0.2) is 0 Å². The summed E-state index contributed by atoms with van der Waals surface area (Å²) in [5.41, 5.74) is 1.77. The summed E-state index contributed by atoms with van der Waals surface area (Å²) in [6.45, 7) is 9.46. The van der Waals surface area contributed by atoms with Gasteiger partial charge in [-0.3, -0.25) is 9.36 Å².